The molecule has 0 spiro atoms. The number of cyclic esters (lactones) is 1. The number of hydrogen-bond donors (Lipinski definition) is 1. The minimum Gasteiger partial charge on any atom is -0.493 e. The molecule has 1 heterocycles. The molecule has 1 atom stereocenters. The molecule has 0 bridgehead atoms. The van der Waals surface area contributed by atoms with Gasteiger partial charge in [-0.1, -0.05) is 43.6 Å². The monoisotopic (exact) mass is 466 g/mol. The quantitative estimate of drug-likeness (QED) is 0.416. The van der Waals surface area contributed by atoms with Gasteiger partial charge in [-0.3, -0.25) is 0 Å². The Hall–Kier alpha value is -3.02. The van der Waals surface area contributed by atoms with Crippen LogP contribution in [0.2, 0.25) is 5.02 Å². The first-order valence-electron chi connectivity index (χ1n) is 10.9. The summed E-state index contributed by atoms with van der Waals surface area (Å²) in [4.78, 5) is 13.3. The molecule has 33 heavy (non-hydrogen) atoms. The van der Waals surface area contributed by atoms with Crippen LogP contribution in [0.1, 0.15) is 53.4 Å². The number of benzene rings is 3. The summed E-state index contributed by atoms with van der Waals surface area (Å²) in [6, 6.07) is 14.5. The number of rotatable bonds is 5. The van der Waals surface area contributed by atoms with Crippen molar-refractivity contribution in [2.75, 3.05) is 7.11 Å². The lowest BCUT2D eigenvalue weighted by atomic mass is 9.88. The van der Waals surface area contributed by atoms with Crippen LogP contribution in [-0.2, 0) is 11.3 Å². The van der Waals surface area contributed by atoms with Crippen molar-refractivity contribution in [2.24, 2.45) is 5.92 Å². The van der Waals surface area contributed by atoms with Crippen molar-refractivity contribution in [3.8, 4) is 28.4 Å². The maximum absolute atomic E-state index is 13.3. The third kappa shape index (κ3) is 4.70. The fourth-order valence-electron chi connectivity index (χ4n) is 4.18. The second kappa shape index (κ2) is 9.46. The normalized spacial score (nSPS) is 13.8. The summed E-state index contributed by atoms with van der Waals surface area (Å²) in [6.07, 6.45) is -0.214. The molecule has 0 aromatic heterocycles. The zero-order valence-electron chi connectivity index (χ0n) is 19.1. The lowest BCUT2D eigenvalue weighted by Crippen LogP contribution is -2.15. The topological polar surface area (TPSA) is 65.0 Å². The number of methoxy groups -OCH3 is 1. The van der Waals surface area contributed by atoms with Crippen molar-refractivity contribution >= 4 is 17.6 Å². The summed E-state index contributed by atoms with van der Waals surface area (Å²) >= 11 is 6.11. The van der Waals surface area contributed by atoms with Crippen molar-refractivity contribution < 1.29 is 24.1 Å². The van der Waals surface area contributed by atoms with Crippen molar-refractivity contribution in [2.45, 2.75) is 39.9 Å². The predicted molar refractivity (Wildman–Crippen MR) is 128 cm³/mol. The van der Waals surface area contributed by atoms with Gasteiger partial charge < -0.3 is 19.3 Å². The van der Waals surface area contributed by atoms with Gasteiger partial charge in [0.15, 0.2) is 11.5 Å². The average molecular weight is 467 g/mol. The van der Waals surface area contributed by atoms with Gasteiger partial charge in [-0.25, -0.2) is 4.79 Å². The van der Waals surface area contributed by atoms with Gasteiger partial charge in [-0.2, -0.15) is 0 Å². The number of aliphatic hydroxyl groups is 1. The van der Waals surface area contributed by atoms with Gasteiger partial charge >= 0.3 is 5.97 Å². The highest BCUT2D eigenvalue weighted by Gasteiger charge is 2.30. The Bertz CT molecular complexity index is 1180. The number of aliphatic hydroxyl groups excluding tert-OH is 1. The second-order valence-electron chi connectivity index (χ2n) is 8.69. The summed E-state index contributed by atoms with van der Waals surface area (Å²) in [5.41, 5.74) is 3.93. The minimum absolute atomic E-state index is 0.0461. The van der Waals surface area contributed by atoms with Gasteiger partial charge in [0.25, 0.3) is 0 Å². The first kappa shape index (κ1) is 23.1. The van der Waals surface area contributed by atoms with Crippen LogP contribution in [0.4, 0.5) is 0 Å². The van der Waals surface area contributed by atoms with E-state index in [-0.39, 0.29) is 18.1 Å². The van der Waals surface area contributed by atoms with E-state index in [0.29, 0.717) is 39.8 Å². The molecule has 1 N–H and O–H groups in total. The molecule has 5 nitrogen and oxygen atoms in total. The van der Waals surface area contributed by atoms with E-state index in [4.69, 9.17) is 25.8 Å². The van der Waals surface area contributed by atoms with Crippen molar-refractivity contribution in [1.82, 2.24) is 0 Å². The number of ether oxygens (including phenoxy) is 3. The molecule has 0 saturated heterocycles. The Morgan fingerprint density at radius 1 is 1.09 bits per heavy atom. The van der Waals surface area contributed by atoms with Crippen LogP contribution in [0.25, 0.3) is 11.1 Å². The second-order valence-corrected chi connectivity index (χ2v) is 9.13. The lowest BCUT2D eigenvalue weighted by molar-refractivity contribution is 0.0459. The third-order valence-electron chi connectivity index (χ3n) is 5.66. The van der Waals surface area contributed by atoms with Gasteiger partial charge in [-0.15, -0.1) is 0 Å². The zero-order valence-corrected chi connectivity index (χ0v) is 19.9. The molecule has 1 aliphatic heterocycles. The molecule has 0 saturated carbocycles. The van der Waals surface area contributed by atoms with E-state index in [1.54, 1.807) is 25.3 Å². The summed E-state index contributed by atoms with van der Waals surface area (Å²) in [6.45, 7) is 6.07. The molecule has 0 radical (unpaired) electrons. The smallest absolute Gasteiger partial charge is 0.342 e. The Labute approximate surface area is 198 Å². The van der Waals surface area contributed by atoms with Crippen LogP contribution >= 0.6 is 11.6 Å². The van der Waals surface area contributed by atoms with E-state index < -0.39 is 12.1 Å². The van der Waals surface area contributed by atoms with Gasteiger partial charge in [0.05, 0.1) is 13.2 Å². The summed E-state index contributed by atoms with van der Waals surface area (Å²) in [7, 11) is 1.58. The van der Waals surface area contributed by atoms with Crippen LogP contribution in [0.15, 0.2) is 48.5 Å². The van der Waals surface area contributed by atoms with Crippen LogP contribution in [0.5, 0.6) is 17.2 Å². The number of carbonyl (C=O) groups excluding carboxylic acids is 1. The summed E-state index contributed by atoms with van der Waals surface area (Å²) < 4.78 is 17.6. The number of halogens is 1. The first-order valence-corrected chi connectivity index (χ1v) is 11.3. The van der Waals surface area contributed by atoms with Crippen LogP contribution in [0.3, 0.4) is 0 Å². The minimum atomic E-state index is -0.760. The van der Waals surface area contributed by atoms with E-state index in [1.165, 1.54) is 0 Å². The Balaban J connectivity index is 1.95. The van der Waals surface area contributed by atoms with E-state index in [0.717, 1.165) is 16.7 Å². The highest BCUT2D eigenvalue weighted by atomic mass is 35.5. The third-order valence-corrected chi connectivity index (χ3v) is 5.91. The molecule has 1 unspecified atom stereocenters. The first-order chi connectivity index (χ1) is 15.8. The largest absolute Gasteiger partial charge is 0.493 e. The molecule has 0 aliphatic carbocycles. The summed E-state index contributed by atoms with van der Waals surface area (Å²) in [5.74, 6) is 1.16. The number of fused-ring (bicyclic) bond motifs is 2. The van der Waals surface area contributed by atoms with Gasteiger partial charge in [0, 0.05) is 16.1 Å². The standard InChI is InChI=1S/C27H27ClO5/c1-15(2)11-21(29)20-9-10-22-25(24(20)17-5-7-19(28)8-6-17)27(30)32-14-18-12-16(3)13-23(31-4)26(18)33-22/h5-10,12-13,15,21,29H,11,14H2,1-4H3. The van der Waals surface area contributed by atoms with Crippen LogP contribution in [0, 0.1) is 12.8 Å². The van der Waals surface area contributed by atoms with Crippen LogP contribution in [-0.4, -0.2) is 18.2 Å². The molecule has 0 amide bonds. The maximum atomic E-state index is 13.3. The highest BCUT2D eigenvalue weighted by Crippen LogP contribution is 2.45. The van der Waals surface area contributed by atoms with Gasteiger partial charge in [0.1, 0.15) is 17.9 Å². The molecule has 3 aromatic rings. The van der Waals surface area contributed by atoms with Crippen molar-refractivity contribution in [3.05, 3.63) is 75.8 Å². The molecule has 0 fully saturated rings. The molecule has 3 aromatic carbocycles. The van der Waals surface area contributed by atoms with E-state index in [9.17, 15) is 9.90 Å². The zero-order chi connectivity index (χ0) is 23.7. The fourth-order valence-corrected chi connectivity index (χ4v) is 4.30. The predicted octanol–water partition coefficient (Wildman–Crippen LogP) is 6.87. The molecule has 1 aliphatic rings. The molecule has 4 rings (SSSR count). The SMILES string of the molecule is COc1cc(C)cc2c1Oc1ccc(C(O)CC(C)C)c(-c3ccc(Cl)cc3)c1C(=O)OC2. The van der Waals surface area contributed by atoms with E-state index in [1.807, 2.05) is 51.1 Å². The fraction of sp³-hybridized carbons (Fsp3) is 0.296. The van der Waals surface area contributed by atoms with Crippen LogP contribution < -0.4 is 9.47 Å². The number of hydrogen-bond acceptors (Lipinski definition) is 5. The average Bonchev–Trinajstić information content (AvgIpc) is 2.77. The summed E-state index contributed by atoms with van der Waals surface area (Å²) in [5, 5.41) is 11.6. The Morgan fingerprint density at radius 3 is 2.48 bits per heavy atom. The molecule has 172 valence electrons. The highest BCUT2D eigenvalue weighted by molar-refractivity contribution is 6.30. The maximum Gasteiger partial charge on any atom is 0.342 e. The Morgan fingerprint density at radius 2 is 1.82 bits per heavy atom. The number of esters is 1. The molecular weight excluding hydrogens is 440 g/mol. The molecular formula is C27H27ClO5. The van der Waals surface area contributed by atoms with Crippen molar-refractivity contribution in [3.63, 3.8) is 0 Å². The Kier molecular flexibility index (Phi) is 6.63. The van der Waals surface area contributed by atoms with E-state index >= 15 is 0 Å². The lowest BCUT2D eigenvalue weighted by Gasteiger charge is -2.25. The number of carbonyl (C=O) groups is 1. The van der Waals surface area contributed by atoms with E-state index in [2.05, 4.69) is 0 Å². The van der Waals surface area contributed by atoms with Crippen molar-refractivity contribution in [1.29, 1.82) is 0 Å². The van der Waals surface area contributed by atoms with Gasteiger partial charge in [-0.05, 0) is 66.3 Å². The number of aryl methyl sites for hydroxylation is 1. The molecule has 6 heteroatoms. The van der Waals surface area contributed by atoms with Gasteiger partial charge in [0.2, 0.25) is 0 Å².